The first kappa shape index (κ1) is 17.4. The van der Waals surface area contributed by atoms with E-state index < -0.39 is 0 Å². The number of hydrogen-bond donors (Lipinski definition) is 1. The number of thiophene rings is 1. The number of rotatable bonds is 6. The van der Waals surface area contributed by atoms with Crippen LogP contribution in [0.15, 0.2) is 52.9 Å². The van der Waals surface area contributed by atoms with Gasteiger partial charge < -0.3 is 5.32 Å². The number of amides is 1. The number of nitrogens with zero attached hydrogens (tertiary/aromatic N) is 2. The number of fused-ring (bicyclic) bond motifs is 1. The molecule has 2 aromatic heterocycles. The van der Waals surface area contributed by atoms with Crippen LogP contribution < -0.4 is 10.9 Å². The number of nitrogens with one attached hydrogen (secondary N) is 1. The second kappa shape index (κ2) is 7.61. The monoisotopic (exact) mass is 355 g/mol. The molecular formula is C19H21N3O2S. The molecule has 0 aliphatic carbocycles. The molecule has 0 unspecified atom stereocenters. The van der Waals surface area contributed by atoms with Gasteiger partial charge in [-0.2, -0.15) is 0 Å². The normalized spacial score (nSPS) is 12.4. The topological polar surface area (TPSA) is 64.0 Å². The maximum atomic E-state index is 12.5. The van der Waals surface area contributed by atoms with E-state index in [1.165, 1.54) is 22.2 Å². The van der Waals surface area contributed by atoms with Crippen molar-refractivity contribution in [2.75, 3.05) is 0 Å². The minimum Gasteiger partial charge on any atom is -0.348 e. The third kappa shape index (κ3) is 4.14. The highest BCUT2D eigenvalue weighted by molar-refractivity contribution is 7.16. The molecule has 0 aliphatic rings. The van der Waals surface area contributed by atoms with Gasteiger partial charge in [0.05, 0.1) is 17.8 Å². The van der Waals surface area contributed by atoms with E-state index in [2.05, 4.69) is 24.1 Å². The summed E-state index contributed by atoms with van der Waals surface area (Å²) in [5.74, 6) is 0.255. The molecule has 3 aromatic rings. The van der Waals surface area contributed by atoms with Crippen LogP contribution >= 0.6 is 11.3 Å². The Morgan fingerprint density at radius 2 is 2.00 bits per heavy atom. The Morgan fingerprint density at radius 3 is 2.72 bits per heavy atom. The highest BCUT2D eigenvalue weighted by Gasteiger charge is 2.17. The highest BCUT2D eigenvalue weighted by atomic mass is 32.1. The minimum atomic E-state index is -0.187. The summed E-state index contributed by atoms with van der Waals surface area (Å²) >= 11 is 1.42. The van der Waals surface area contributed by atoms with Gasteiger partial charge in [0.2, 0.25) is 5.91 Å². The smallest absolute Gasteiger partial charge is 0.262 e. The van der Waals surface area contributed by atoms with Crippen LogP contribution in [0.3, 0.4) is 0 Å². The van der Waals surface area contributed by atoms with E-state index in [0.29, 0.717) is 16.1 Å². The van der Waals surface area contributed by atoms with Crippen molar-refractivity contribution < 1.29 is 4.79 Å². The van der Waals surface area contributed by atoms with Crippen LogP contribution in [0, 0.1) is 5.92 Å². The van der Waals surface area contributed by atoms with E-state index >= 15 is 0 Å². The molecule has 0 bridgehead atoms. The second-order valence-corrected chi connectivity index (χ2v) is 7.37. The van der Waals surface area contributed by atoms with Gasteiger partial charge in [-0.3, -0.25) is 14.2 Å². The standard InChI is InChI=1S/C19H21N3O2S/c1-13(2)10-16(14-6-4-3-5-7-14)21-17(23)11-22-12-20-18-15(19(22)24)8-9-25-18/h3-9,12-13,16H,10-11H2,1-2H3,(H,21,23)/t16-/m0/s1. The van der Waals surface area contributed by atoms with E-state index in [1.807, 2.05) is 35.7 Å². The number of carbonyl (C=O) groups excluding carboxylic acids is 1. The van der Waals surface area contributed by atoms with Gasteiger partial charge in [-0.05, 0) is 29.3 Å². The van der Waals surface area contributed by atoms with E-state index in [0.717, 1.165) is 12.0 Å². The summed E-state index contributed by atoms with van der Waals surface area (Å²) in [6, 6.07) is 11.6. The number of benzene rings is 1. The molecule has 0 saturated carbocycles. The maximum Gasteiger partial charge on any atom is 0.262 e. The van der Waals surface area contributed by atoms with Gasteiger partial charge in [-0.1, -0.05) is 44.2 Å². The van der Waals surface area contributed by atoms with Gasteiger partial charge in [0.25, 0.3) is 5.56 Å². The Labute approximate surface area is 150 Å². The molecule has 25 heavy (non-hydrogen) atoms. The molecule has 2 heterocycles. The highest BCUT2D eigenvalue weighted by Crippen LogP contribution is 2.21. The number of carbonyl (C=O) groups is 1. The van der Waals surface area contributed by atoms with Crippen LogP contribution in [0.2, 0.25) is 0 Å². The summed E-state index contributed by atoms with van der Waals surface area (Å²) in [5.41, 5.74) is 0.893. The lowest BCUT2D eigenvalue weighted by atomic mass is 9.97. The molecular weight excluding hydrogens is 334 g/mol. The Hall–Kier alpha value is -2.47. The van der Waals surface area contributed by atoms with Crippen LogP contribution in [-0.2, 0) is 11.3 Å². The molecule has 0 saturated heterocycles. The lowest BCUT2D eigenvalue weighted by Gasteiger charge is -2.21. The van der Waals surface area contributed by atoms with Crippen molar-refractivity contribution in [3.05, 3.63) is 64.0 Å². The van der Waals surface area contributed by atoms with Gasteiger partial charge in [0, 0.05) is 0 Å². The zero-order valence-electron chi connectivity index (χ0n) is 14.3. The van der Waals surface area contributed by atoms with Crippen LogP contribution in [-0.4, -0.2) is 15.5 Å². The van der Waals surface area contributed by atoms with Crippen molar-refractivity contribution in [2.45, 2.75) is 32.9 Å². The van der Waals surface area contributed by atoms with Gasteiger partial charge in [-0.15, -0.1) is 11.3 Å². The van der Waals surface area contributed by atoms with Crippen LogP contribution in [0.25, 0.3) is 10.2 Å². The van der Waals surface area contributed by atoms with Crippen molar-refractivity contribution in [3.63, 3.8) is 0 Å². The zero-order valence-corrected chi connectivity index (χ0v) is 15.1. The fourth-order valence-electron chi connectivity index (χ4n) is 2.84. The maximum absolute atomic E-state index is 12.5. The molecule has 0 radical (unpaired) electrons. The summed E-state index contributed by atoms with van der Waals surface area (Å²) in [6.45, 7) is 4.22. The van der Waals surface area contributed by atoms with Crippen LogP contribution in [0.4, 0.5) is 0 Å². The molecule has 1 N–H and O–H groups in total. The fourth-order valence-corrected chi connectivity index (χ4v) is 3.56. The fraction of sp³-hybridized carbons (Fsp3) is 0.316. The predicted molar refractivity (Wildman–Crippen MR) is 101 cm³/mol. The average molecular weight is 355 g/mol. The molecule has 1 amide bonds. The number of hydrogen-bond acceptors (Lipinski definition) is 4. The predicted octanol–water partition coefficient (Wildman–Crippen LogP) is 3.36. The van der Waals surface area contributed by atoms with E-state index in [-0.39, 0.29) is 24.1 Å². The third-order valence-corrected chi connectivity index (χ3v) is 4.83. The quantitative estimate of drug-likeness (QED) is 0.737. The molecule has 1 aromatic carbocycles. The molecule has 0 spiro atoms. The van der Waals surface area contributed by atoms with E-state index in [4.69, 9.17) is 0 Å². The molecule has 1 atom stereocenters. The lowest BCUT2D eigenvalue weighted by Crippen LogP contribution is -2.35. The third-order valence-electron chi connectivity index (χ3n) is 4.01. The first-order valence-electron chi connectivity index (χ1n) is 8.31. The van der Waals surface area contributed by atoms with Crippen LogP contribution in [0.1, 0.15) is 31.9 Å². The molecule has 6 heteroatoms. The molecule has 5 nitrogen and oxygen atoms in total. The van der Waals surface area contributed by atoms with E-state index in [9.17, 15) is 9.59 Å². The van der Waals surface area contributed by atoms with Gasteiger partial charge in [-0.25, -0.2) is 4.98 Å². The summed E-state index contributed by atoms with van der Waals surface area (Å²) in [5, 5.41) is 5.45. The van der Waals surface area contributed by atoms with Gasteiger partial charge in [0.15, 0.2) is 0 Å². The summed E-state index contributed by atoms with van der Waals surface area (Å²) in [4.78, 5) is 29.9. The number of aromatic nitrogens is 2. The Morgan fingerprint density at radius 1 is 1.24 bits per heavy atom. The average Bonchev–Trinajstić information content (AvgIpc) is 3.07. The first-order chi connectivity index (χ1) is 12.0. The van der Waals surface area contributed by atoms with Gasteiger partial charge >= 0.3 is 0 Å². The molecule has 3 rings (SSSR count). The van der Waals surface area contributed by atoms with Crippen molar-refractivity contribution in [1.82, 2.24) is 14.9 Å². The first-order valence-corrected chi connectivity index (χ1v) is 9.19. The van der Waals surface area contributed by atoms with Crippen molar-refractivity contribution >= 4 is 27.5 Å². The lowest BCUT2D eigenvalue weighted by molar-refractivity contribution is -0.122. The Bertz CT molecular complexity index is 915. The van der Waals surface area contributed by atoms with Crippen molar-refractivity contribution in [3.8, 4) is 0 Å². The molecule has 0 fully saturated rings. The Balaban J connectivity index is 1.76. The van der Waals surface area contributed by atoms with Crippen molar-refractivity contribution in [2.24, 2.45) is 5.92 Å². The van der Waals surface area contributed by atoms with E-state index in [1.54, 1.807) is 6.07 Å². The summed E-state index contributed by atoms with van der Waals surface area (Å²) in [7, 11) is 0. The SMILES string of the molecule is CC(C)C[C@H](NC(=O)Cn1cnc2sccc2c1=O)c1ccccc1. The molecule has 130 valence electrons. The largest absolute Gasteiger partial charge is 0.348 e. The zero-order chi connectivity index (χ0) is 17.8. The van der Waals surface area contributed by atoms with Crippen molar-refractivity contribution in [1.29, 1.82) is 0 Å². The van der Waals surface area contributed by atoms with Crippen LogP contribution in [0.5, 0.6) is 0 Å². The second-order valence-electron chi connectivity index (χ2n) is 6.48. The summed E-state index contributed by atoms with van der Waals surface area (Å²) < 4.78 is 1.36. The minimum absolute atomic E-state index is 0.0287. The summed E-state index contributed by atoms with van der Waals surface area (Å²) in [6.07, 6.45) is 2.28. The van der Waals surface area contributed by atoms with Gasteiger partial charge in [0.1, 0.15) is 11.4 Å². The Kier molecular flexibility index (Phi) is 5.28. The molecule has 0 aliphatic heterocycles.